The summed E-state index contributed by atoms with van der Waals surface area (Å²) in [4.78, 5) is 0. The van der Waals surface area contributed by atoms with Crippen molar-refractivity contribution in [2.75, 3.05) is 13.2 Å². The van der Waals surface area contributed by atoms with Crippen molar-refractivity contribution in [3.8, 4) is 18.1 Å². The Morgan fingerprint density at radius 3 is 2.88 bits per heavy atom. The zero-order valence-corrected chi connectivity index (χ0v) is 11.9. The fourth-order valence-electron chi connectivity index (χ4n) is 1.40. The van der Waals surface area contributed by atoms with Crippen LogP contribution in [0.15, 0.2) is 22.7 Å². The number of ether oxygens (including phenoxy) is 1. The van der Waals surface area contributed by atoms with E-state index in [0.717, 1.165) is 23.3 Å². The second kappa shape index (κ2) is 7.37. The zero-order chi connectivity index (χ0) is 12.7. The van der Waals surface area contributed by atoms with Crippen LogP contribution < -0.4 is 10.1 Å². The minimum absolute atomic E-state index is 0.306. The highest BCUT2D eigenvalue weighted by Gasteiger charge is 2.03. The first-order valence-corrected chi connectivity index (χ1v) is 6.48. The first-order chi connectivity index (χ1) is 8.13. The van der Waals surface area contributed by atoms with Gasteiger partial charge in [0.05, 0.1) is 0 Å². The lowest BCUT2D eigenvalue weighted by atomic mass is 10.2. The van der Waals surface area contributed by atoms with Crippen LogP contribution in [0.2, 0.25) is 0 Å². The molecule has 0 aromatic heterocycles. The Kier molecular flexibility index (Phi) is 6.10. The van der Waals surface area contributed by atoms with E-state index in [9.17, 15) is 0 Å². The van der Waals surface area contributed by atoms with E-state index in [4.69, 9.17) is 11.2 Å². The van der Waals surface area contributed by atoms with Gasteiger partial charge in [-0.1, -0.05) is 35.7 Å². The highest BCUT2D eigenvalue weighted by molar-refractivity contribution is 9.10. The lowest BCUT2D eigenvalue weighted by Crippen LogP contribution is -2.19. The monoisotopic (exact) mass is 295 g/mol. The van der Waals surface area contributed by atoms with Crippen LogP contribution in [-0.4, -0.2) is 13.2 Å². The van der Waals surface area contributed by atoms with Crippen LogP contribution in [-0.2, 0) is 6.54 Å². The van der Waals surface area contributed by atoms with Gasteiger partial charge in [-0.05, 0) is 36.2 Å². The molecule has 0 radical (unpaired) electrons. The van der Waals surface area contributed by atoms with E-state index in [2.05, 4.69) is 41.0 Å². The highest BCUT2D eigenvalue weighted by Crippen LogP contribution is 2.22. The van der Waals surface area contributed by atoms with Crippen molar-refractivity contribution in [3.05, 3.63) is 28.2 Å². The maximum absolute atomic E-state index is 5.39. The van der Waals surface area contributed by atoms with Crippen LogP contribution >= 0.6 is 15.9 Å². The Morgan fingerprint density at radius 1 is 1.47 bits per heavy atom. The van der Waals surface area contributed by atoms with Gasteiger partial charge in [0, 0.05) is 11.0 Å². The molecule has 0 aliphatic carbocycles. The molecule has 0 bridgehead atoms. The van der Waals surface area contributed by atoms with Gasteiger partial charge < -0.3 is 10.1 Å². The van der Waals surface area contributed by atoms with Crippen LogP contribution in [0.3, 0.4) is 0 Å². The molecule has 0 heterocycles. The SMILES string of the molecule is C#CCOc1ccc(Br)c(CNCC(C)C)c1. The van der Waals surface area contributed by atoms with E-state index in [1.54, 1.807) is 0 Å². The molecule has 0 amide bonds. The van der Waals surface area contributed by atoms with Crippen LogP contribution in [0.5, 0.6) is 5.75 Å². The lowest BCUT2D eigenvalue weighted by molar-refractivity contribution is 0.369. The summed E-state index contributed by atoms with van der Waals surface area (Å²) in [6.45, 7) is 6.51. The summed E-state index contributed by atoms with van der Waals surface area (Å²) in [6, 6.07) is 5.90. The molecule has 1 aromatic carbocycles. The summed E-state index contributed by atoms with van der Waals surface area (Å²) < 4.78 is 6.48. The number of benzene rings is 1. The minimum Gasteiger partial charge on any atom is -0.481 e. The van der Waals surface area contributed by atoms with Crippen LogP contribution in [0.25, 0.3) is 0 Å². The van der Waals surface area contributed by atoms with Gasteiger partial charge in [0.2, 0.25) is 0 Å². The van der Waals surface area contributed by atoms with E-state index in [1.807, 2.05) is 18.2 Å². The minimum atomic E-state index is 0.306. The zero-order valence-electron chi connectivity index (χ0n) is 10.3. The smallest absolute Gasteiger partial charge is 0.148 e. The largest absolute Gasteiger partial charge is 0.481 e. The fourth-order valence-corrected chi connectivity index (χ4v) is 1.78. The summed E-state index contributed by atoms with van der Waals surface area (Å²) in [6.07, 6.45) is 5.16. The second-order valence-electron chi connectivity index (χ2n) is 4.27. The standard InChI is InChI=1S/C14H18BrNO/c1-4-7-17-13-5-6-14(15)12(8-13)10-16-9-11(2)3/h1,5-6,8,11,16H,7,9-10H2,2-3H3. The van der Waals surface area contributed by atoms with Gasteiger partial charge in [0.25, 0.3) is 0 Å². The molecule has 1 N–H and O–H groups in total. The topological polar surface area (TPSA) is 21.3 Å². The number of hydrogen-bond donors (Lipinski definition) is 1. The number of rotatable bonds is 6. The molecular weight excluding hydrogens is 278 g/mol. The number of hydrogen-bond acceptors (Lipinski definition) is 2. The summed E-state index contributed by atoms with van der Waals surface area (Å²) in [5.74, 6) is 3.92. The Labute approximate surface area is 112 Å². The number of halogens is 1. The van der Waals surface area contributed by atoms with E-state index < -0.39 is 0 Å². The summed E-state index contributed by atoms with van der Waals surface area (Å²) in [5.41, 5.74) is 1.18. The van der Waals surface area contributed by atoms with Gasteiger partial charge in [0.15, 0.2) is 0 Å². The maximum Gasteiger partial charge on any atom is 0.148 e. The molecule has 3 heteroatoms. The third-order valence-electron chi connectivity index (χ3n) is 2.21. The van der Waals surface area contributed by atoms with Crippen LogP contribution in [0.1, 0.15) is 19.4 Å². The van der Waals surface area contributed by atoms with E-state index in [0.29, 0.717) is 12.5 Å². The van der Waals surface area contributed by atoms with Gasteiger partial charge in [0.1, 0.15) is 12.4 Å². The molecule has 0 atom stereocenters. The molecule has 0 fully saturated rings. The molecule has 0 saturated heterocycles. The molecular formula is C14H18BrNO. The lowest BCUT2D eigenvalue weighted by Gasteiger charge is -2.10. The summed E-state index contributed by atoms with van der Waals surface area (Å²) in [5, 5.41) is 3.40. The Morgan fingerprint density at radius 2 is 2.24 bits per heavy atom. The molecule has 0 unspecified atom stereocenters. The highest BCUT2D eigenvalue weighted by atomic mass is 79.9. The summed E-state index contributed by atoms with van der Waals surface area (Å²) >= 11 is 3.53. The van der Waals surface area contributed by atoms with Gasteiger partial charge >= 0.3 is 0 Å². The predicted octanol–water partition coefficient (Wildman–Crippen LogP) is 3.21. The van der Waals surface area contributed by atoms with Gasteiger partial charge in [-0.15, -0.1) is 6.42 Å². The predicted molar refractivity (Wildman–Crippen MR) is 75.0 cm³/mol. The third-order valence-corrected chi connectivity index (χ3v) is 2.98. The fraction of sp³-hybridized carbons (Fsp3) is 0.429. The molecule has 0 aliphatic heterocycles. The summed E-state index contributed by atoms with van der Waals surface area (Å²) in [7, 11) is 0. The molecule has 2 nitrogen and oxygen atoms in total. The first-order valence-electron chi connectivity index (χ1n) is 5.69. The average Bonchev–Trinajstić information content (AvgIpc) is 2.29. The Balaban J connectivity index is 2.60. The van der Waals surface area contributed by atoms with Crippen molar-refractivity contribution in [2.45, 2.75) is 20.4 Å². The van der Waals surface area contributed by atoms with Crippen LogP contribution in [0.4, 0.5) is 0 Å². The van der Waals surface area contributed by atoms with Gasteiger partial charge in [-0.3, -0.25) is 0 Å². The molecule has 0 saturated carbocycles. The van der Waals surface area contributed by atoms with Crippen molar-refractivity contribution >= 4 is 15.9 Å². The van der Waals surface area contributed by atoms with E-state index in [-0.39, 0.29) is 0 Å². The first kappa shape index (κ1) is 14.1. The van der Waals surface area contributed by atoms with Crippen molar-refractivity contribution in [2.24, 2.45) is 5.92 Å². The van der Waals surface area contributed by atoms with Gasteiger partial charge in [-0.25, -0.2) is 0 Å². The molecule has 0 aliphatic rings. The second-order valence-corrected chi connectivity index (χ2v) is 5.13. The van der Waals surface area contributed by atoms with Crippen molar-refractivity contribution in [1.82, 2.24) is 5.32 Å². The average molecular weight is 296 g/mol. The molecule has 1 rings (SSSR count). The van der Waals surface area contributed by atoms with Crippen molar-refractivity contribution in [3.63, 3.8) is 0 Å². The Hall–Kier alpha value is -0.980. The number of terminal acetylenes is 1. The van der Waals surface area contributed by atoms with Gasteiger partial charge in [-0.2, -0.15) is 0 Å². The van der Waals surface area contributed by atoms with Crippen molar-refractivity contribution in [1.29, 1.82) is 0 Å². The normalized spacial score (nSPS) is 10.3. The number of nitrogens with one attached hydrogen (secondary N) is 1. The molecule has 0 spiro atoms. The quantitative estimate of drug-likeness (QED) is 0.814. The molecule has 92 valence electrons. The van der Waals surface area contributed by atoms with E-state index >= 15 is 0 Å². The van der Waals surface area contributed by atoms with E-state index in [1.165, 1.54) is 5.56 Å². The Bertz CT molecular complexity index is 396. The molecule has 1 aromatic rings. The maximum atomic E-state index is 5.39. The third kappa shape index (κ3) is 5.25. The van der Waals surface area contributed by atoms with Crippen molar-refractivity contribution < 1.29 is 4.74 Å². The molecule has 17 heavy (non-hydrogen) atoms. The van der Waals surface area contributed by atoms with Crippen LogP contribution in [0, 0.1) is 18.3 Å².